The van der Waals surface area contributed by atoms with E-state index in [0.717, 1.165) is 6.08 Å². The van der Waals surface area contributed by atoms with Gasteiger partial charge < -0.3 is 29.5 Å². The first-order chi connectivity index (χ1) is 18.2. The molecule has 2 aromatic rings. The quantitative estimate of drug-likeness (QED) is 0.321. The van der Waals surface area contributed by atoms with Gasteiger partial charge in [-0.3, -0.25) is 4.79 Å². The molecule has 3 rings (SSSR count). The number of nitrogens with one attached hydrogen (secondary N) is 1. The summed E-state index contributed by atoms with van der Waals surface area (Å²) in [7, 11) is -2.37. The molecule has 11 nitrogen and oxygen atoms in total. The van der Waals surface area contributed by atoms with Crippen molar-refractivity contribution < 1.29 is 37.3 Å². The Hall–Kier alpha value is -3.61. The van der Waals surface area contributed by atoms with Gasteiger partial charge in [-0.2, -0.15) is 4.31 Å². The van der Waals surface area contributed by atoms with Crippen LogP contribution >= 0.6 is 0 Å². The number of amides is 1. The van der Waals surface area contributed by atoms with E-state index in [1.807, 2.05) is 18.7 Å². The molecule has 1 heterocycles. The first-order valence-electron chi connectivity index (χ1n) is 12.2. The maximum atomic E-state index is 13.2. The molecule has 0 spiro atoms. The van der Waals surface area contributed by atoms with Crippen LogP contribution in [0.3, 0.4) is 0 Å². The molecule has 0 bridgehead atoms. The maximum absolute atomic E-state index is 13.2. The highest BCUT2D eigenvalue weighted by Gasteiger charge is 2.27. The molecule has 0 atom stereocenters. The summed E-state index contributed by atoms with van der Waals surface area (Å²) in [5.74, 6) is -1.15. The molecule has 1 aliphatic heterocycles. The highest BCUT2D eigenvalue weighted by Crippen LogP contribution is 2.31. The van der Waals surface area contributed by atoms with Crippen LogP contribution in [0, 0.1) is 0 Å². The van der Waals surface area contributed by atoms with E-state index in [9.17, 15) is 23.1 Å². The van der Waals surface area contributed by atoms with E-state index in [0.29, 0.717) is 43.2 Å². The van der Waals surface area contributed by atoms with Crippen LogP contribution in [0.4, 0.5) is 11.4 Å². The van der Waals surface area contributed by atoms with Crippen LogP contribution in [-0.2, 0) is 29.1 Å². The summed E-state index contributed by atoms with van der Waals surface area (Å²) >= 11 is 0. The predicted molar refractivity (Wildman–Crippen MR) is 143 cm³/mol. The SMILES string of the molecule is CCN(CC)c1ccc(S(=O)(=O)N2CCOCC2)cc1NC(=O)COC(=O)C=Cc1ccc(O)c(OC)c1. The molecule has 1 fully saturated rings. The van der Waals surface area contributed by atoms with Gasteiger partial charge in [0.2, 0.25) is 10.0 Å². The van der Waals surface area contributed by atoms with Crippen LogP contribution in [0.15, 0.2) is 47.4 Å². The van der Waals surface area contributed by atoms with E-state index in [2.05, 4.69) is 5.32 Å². The van der Waals surface area contributed by atoms with Crippen molar-refractivity contribution in [1.82, 2.24) is 4.31 Å². The second-order valence-electron chi connectivity index (χ2n) is 8.29. The number of carbonyl (C=O) groups excluding carboxylic acids is 2. The number of aromatic hydroxyl groups is 1. The molecule has 206 valence electrons. The molecule has 0 aliphatic carbocycles. The summed E-state index contributed by atoms with van der Waals surface area (Å²) in [4.78, 5) is 26.8. The molecule has 0 saturated carbocycles. The first kappa shape index (κ1) is 29.0. The number of methoxy groups -OCH3 is 1. The Labute approximate surface area is 222 Å². The van der Waals surface area contributed by atoms with Crippen molar-refractivity contribution in [2.24, 2.45) is 0 Å². The number of hydrogen-bond donors (Lipinski definition) is 2. The fourth-order valence-corrected chi connectivity index (χ4v) is 5.32. The molecule has 0 aromatic heterocycles. The van der Waals surface area contributed by atoms with Crippen LogP contribution in [0.1, 0.15) is 19.4 Å². The van der Waals surface area contributed by atoms with Gasteiger partial charge in [0.15, 0.2) is 18.1 Å². The summed E-state index contributed by atoms with van der Waals surface area (Å²) in [5.41, 5.74) is 1.54. The summed E-state index contributed by atoms with van der Waals surface area (Å²) in [5, 5.41) is 12.4. The van der Waals surface area contributed by atoms with Crippen LogP contribution in [0.2, 0.25) is 0 Å². The maximum Gasteiger partial charge on any atom is 0.331 e. The largest absolute Gasteiger partial charge is 0.504 e. The number of phenolic OH excluding ortho intramolecular Hbond substituents is 1. The van der Waals surface area contributed by atoms with Gasteiger partial charge in [-0.05, 0) is 55.8 Å². The smallest absolute Gasteiger partial charge is 0.331 e. The standard InChI is InChI=1S/C26H33N3O8S/c1-4-28(5-2)22-9-8-20(38(33,34)29-12-14-36-15-13-29)17-21(22)27-25(31)18-37-26(32)11-7-19-6-10-23(30)24(16-19)35-3/h6-11,16-17,30H,4-5,12-15,18H2,1-3H3,(H,27,31). The third-order valence-electron chi connectivity index (χ3n) is 5.92. The fraction of sp³-hybridized carbons (Fsp3) is 0.385. The van der Waals surface area contributed by atoms with Crippen molar-refractivity contribution >= 4 is 39.4 Å². The second-order valence-corrected chi connectivity index (χ2v) is 10.2. The average Bonchev–Trinajstić information content (AvgIpc) is 2.93. The monoisotopic (exact) mass is 547 g/mol. The number of rotatable bonds is 11. The van der Waals surface area contributed by atoms with Crippen LogP contribution in [0.25, 0.3) is 6.08 Å². The molecular weight excluding hydrogens is 514 g/mol. The van der Waals surface area contributed by atoms with Gasteiger partial charge in [0.25, 0.3) is 5.91 Å². The van der Waals surface area contributed by atoms with Crippen molar-refractivity contribution in [1.29, 1.82) is 0 Å². The number of hydrogen-bond acceptors (Lipinski definition) is 9. The summed E-state index contributed by atoms with van der Waals surface area (Å²) < 4.78 is 43.0. The zero-order valence-corrected chi connectivity index (χ0v) is 22.5. The van der Waals surface area contributed by atoms with E-state index in [1.54, 1.807) is 18.2 Å². The number of ether oxygens (including phenoxy) is 3. The number of esters is 1. The van der Waals surface area contributed by atoms with Crippen molar-refractivity contribution in [2.45, 2.75) is 18.7 Å². The van der Waals surface area contributed by atoms with Gasteiger partial charge in [-0.15, -0.1) is 0 Å². The van der Waals surface area contributed by atoms with Crippen molar-refractivity contribution in [3.05, 3.63) is 48.0 Å². The van der Waals surface area contributed by atoms with Crippen molar-refractivity contribution in [2.75, 3.05) is 63.3 Å². The minimum atomic E-state index is -3.78. The van der Waals surface area contributed by atoms with Crippen LogP contribution in [-0.4, -0.2) is 82.8 Å². The Kier molecular flexibility index (Phi) is 10.1. The molecule has 1 aliphatic rings. The van der Waals surface area contributed by atoms with Gasteiger partial charge in [-0.1, -0.05) is 6.07 Å². The summed E-state index contributed by atoms with van der Waals surface area (Å²) in [6, 6.07) is 9.17. The summed E-state index contributed by atoms with van der Waals surface area (Å²) in [6.45, 7) is 5.75. The lowest BCUT2D eigenvalue weighted by molar-refractivity contribution is -0.142. The van der Waals surface area contributed by atoms with Gasteiger partial charge in [0.1, 0.15) is 0 Å². The number of anilines is 2. The Bertz CT molecular complexity index is 1270. The molecule has 0 unspecified atom stereocenters. The van der Waals surface area contributed by atoms with E-state index in [1.165, 1.54) is 35.7 Å². The second kappa shape index (κ2) is 13.3. The van der Waals surface area contributed by atoms with Gasteiger partial charge in [0, 0.05) is 32.3 Å². The number of carbonyl (C=O) groups is 2. The molecule has 2 aromatic carbocycles. The van der Waals surface area contributed by atoms with E-state index in [-0.39, 0.29) is 29.5 Å². The average molecular weight is 548 g/mol. The summed E-state index contributed by atoms with van der Waals surface area (Å²) in [6.07, 6.45) is 2.61. The Morgan fingerprint density at radius 1 is 1.13 bits per heavy atom. The lowest BCUT2D eigenvalue weighted by Crippen LogP contribution is -2.40. The topological polar surface area (TPSA) is 135 Å². The van der Waals surface area contributed by atoms with E-state index >= 15 is 0 Å². The number of nitrogens with zero attached hydrogens (tertiary/aromatic N) is 2. The van der Waals surface area contributed by atoms with Crippen molar-refractivity contribution in [3.63, 3.8) is 0 Å². The number of sulfonamides is 1. The number of morpholine rings is 1. The number of benzene rings is 2. The molecule has 12 heteroatoms. The molecular formula is C26H33N3O8S. The van der Waals surface area contributed by atoms with E-state index < -0.39 is 28.5 Å². The third-order valence-corrected chi connectivity index (χ3v) is 7.81. The molecule has 2 N–H and O–H groups in total. The Morgan fingerprint density at radius 2 is 1.84 bits per heavy atom. The predicted octanol–water partition coefficient (Wildman–Crippen LogP) is 2.46. The minimum absolute atomic E-state index is 0.0326. The highest BCUT2D eigenvalue weighted by atomic mass is 32.2. The zero-order chi connectivity index (χ0) is 27.7. The lowest BCUT2D eigenvalue weighted by Gasteiger charge is -2.28. The Balaban J connectivity index is 1.72. The molecule has 38 heavy (non-hydrogen) atoms. The van der Waals surface area contributed by atoms with E-state index in [4.69, 9.17) is 14.2 Å². The van der Waals surface area contributed by atoms with Gasteiger partial charge in [-0.25, -0.2) is 13.2 Å². The normalized spacial score (nSPS) is 14.3. The third kappa shape index (κ3) is 7.24. The first-order valence-corrected chi connectivity index (χ1v) is 13.6. The molecule has 0 radical (unpaired) electrons. The lowest BCUT2D eigenvalue weighted by atomic mass is 10.2. The minimum Gasteiger partial charge on any atom is -0.504 e. The number of phenols is 1. The Morgan fingerprint density at radius 3 is 2.50 bits per heavy atom. The van der Waals surface area contributed by atoms with Crippen LogP contribution < -0.4 is 15.0 Å². The molecule has 1 saturated heterocycles. The highest BCUT2D eigenvalue weighted by molar-refractivity contribution is 7.89. The van der Waals surface area contributed by atoms with Gasteiger partial charge in [0.05, 0.1) is 36.6 Å². The molecule has 1 amide bonds. The van der Waals surface area contributed by atoms with Gasteiger partial charge >= 0.3 is 5.97 Å². The van der Waals surface area contributed by atoms with Crippen LogP contribution in [0.5, 0.6) is 11.5 Å². The van der Waals surface area contributed by atoms with Crippen molar-refractivity contribution in [3.8, 4) is 11.5 Å². The zero-order valence-electron chi connectivity index (χ0n) is 21.7. The fourth-order valence-electron chi connectivity index (χ4n) is 3.89.